The third kappa shape index (κ3) is 4.39. The zero-order chi connectivity index (χ0) is 23.8. The molecule has 0 saturated heterocycles. The van der Waals surface area contributed by atoms with E-state index in [1.807, 2.05) is 0 Å². The maximum absolute atomic E-state index is 12.9. The molecule has 3 aromatic rings. The van der Waals surface area contributed by atoms with Gasteiger partial charge in [-0.1, -0.05) is 12.1 Å². The van der Waals surface area contributed by atoms with Crippen LogP contribution >= 0.6 is 0 Å². The average Bonchev–Trinajstić information content (AvgIpc) is 3.15. The molecule has 1 aliphatic heterocycles. The summed E-state index contributed by atoms with van der Waals surface area (Å²) in [6.07, 6.45) is -7.85. The first kappa shape index (κ1) is 23.1. The second-order valence-electron chi connectivity index (χ2n) is 6.86. The van der Waals surface area contributed by atoms with E-state index in [2.05, 4.69) is 4.98 Å². The van der Waals surface area contributed by atoms with Gasteiger partial charge >= 0.3 is 18.3 Å². The van der Waals surface area contributed by atoms with Gasteiger partial charge in [0.1, 0.15) is 5.82 Å². The lowest BCUT2D eigenvalue weighted by Gasteiger charge is -2.11. The number of aryl methyl sites for hydroxylation is 1. The van der Waals surface area contributed by atoms with Crippen molar-refractivity contribution in [3.63, 3.8) is 0 Å². The SMILES string of the molecule is Nc1cccc(C(F)(F)F)c1C(=O)O.O=c1c2c(C(F)(F)F)cccc2nc2n1CCC2. The molecule has 0 fully saturated rings. The molecule has 170 valence electrons. The standard InChI is InChI=1S/C12H9F3N2O.C8H6F3NO2/c13-12(14,15)7-3-1-4-8-10(7)11(18)17-6-2-5-9(17)16-8;9-8(10,11)4-2-1-3-5(12)6(4)7(13)14/h1,3-4H,2,5-6H2;1-3H,12H2,(H,13,14). The summed E-state index contributed by atoms with van der Waals surface area (Å²) in [4.78, 5) is 26.8. The van der Waals surface area contributed by atoms with Crippen LogP contribution in [0.4, 0.5) is 32.0 Å². The number of nitrogens with two attached hydrogens (primary N) is 1. The van der Waals surface area contributed by atoms with E-state index in [-0.39, 0.29) is 10.9 Å². The molecule has 0 aliphatic carbocycles. The first-order valence-corrected chi connectivity index (χ1v) is 9.11. The topological polar surface area (TPSA) is 98.2 Å². The molecule has 4 rings (SSSR count). The van der Waals surface area contributed by atoms with Crippen LogP contribution in [0.15, 0.2) is 41.2 Å². The van der Waals surface area contributed by atoms with Gasteiger partial charge in [0.25, 0.3) is 5.56 Å². The number of carbonyl (C=O) groups is 1. The molecule has 6 nitrogen and oxygen atoms in total. The Labute approximate surface area is 175 Å². The lowest BCUT2D eigenvalue weighted by molar-refractivity contribution is -0.138. The Morgan fingerprint density at radius 3 is 2.16 bits per heavy atom. The molecule has 0 bridgehead atoms. The quantitative estimate of drug-likeness (QED) is 0.417. The largest absolute Gasteiger partial charge is 0.478 e. The Morgan fingerprint density at radius 2 is 1.59 bits per heavy atom. The maximum atomic E-state index is 12.9. The van der Waals surface area contributed by atoms with E-state index in [4.69, 9.17) is 10.8 Å². The van der Waals surface area contributed by atoms with Crippen LogP contribution in [0.5, 0.6) is 0 Å². The molecule has 0 spiro atoms. The minimum atomic E-state index is -4.71. The predicted molar refractivity (Wildman–Crippen MR) is 102 cm³/mol. The number of anilines is 1. The van der Waals surface area contributed by atoms with Gasteiger partial charge in [-0.15, -0.1) is 0 Å². The first-order valence-electron chi connectivity index (χ1n) is 9.11. The molecule has 2 heterocycles. The number of nitrogens with zero attached hydrogens (tertiary/aromatic N) is 2. The number of hydrogen-bond acceptors (Lipinski definition) is 4. The van der Waals surface area contributed by atoms with Gasteiger partial charge in [-0.2, -0.15) is 26.3 Å². The lowest BCUT2D eigenvalue weighted by Crippen LogP contribution is -2.23. The van der Waals surface area contributed by atoms with Crippen molar-refractivity contribution >= 4 is 22.6 Å². The van der Waals surface area contributed by atoms with Crippen LogP contribution < -0.4 is 11.3 Å². The van der Waals surface area contributed by atoms with Gasteiger partial charge in [0.2, 0.25) is 0 Å². The number of aromatic carboxylic acids is 1. The van der Waals surface area contributed by atoms with Gasteiger partial charge in [-0.05, 0) is 30.7 Å². The summed E-state index contributed by atoms with van der Waals surface area (Å²) in [7, 11) is 0. The number of nitrogen functional groups attached to an aromatic ring is 1. The third-order valence-corrected chi connectivity index (χ3v) is 4.77. The summed E-state index contributed by atoms with van der Waals surface area (Å²) in [6, 6.07) is 6.51. The zero-order valence-electron chi connectivity index (χ0n) is 16.1. The van der Waals surface area contributed by atoms with Gasteiger partial charge in [-0.3, -0.25) is 9.36 Å². The number of fused-ring (bicyclic) bond motifs is 2. The fourth-order valence-corrected chi connectivity index (χ4v) is 3.41. The van der Waals surface area contributed by atoms with E-state index in [1.54, 1.807) is 0 Å². The van der Waals surface area contributed by atoms with Crippen LogP contribution in [0.25, 0.3) is 10.9 Å². The molecule has 12 heteroatoms. The number of carboxylic acid groups (broad SMARTS) is 1. The smallest absolute Gasteiger partial charge is 0.417 e. The number of benzene rings is 2. The summed E-state index contributed by atoms with van der Waals surface area (Å²) in [5.74, 6) is -1.11. The molecule has 0 radical (unpaired) electrons. The Bertz CT molecular complexity index is 1250. The molecule has 0 unspecified atom stereocenters. The van der Waals surface area contributed by atoms with E-state index in [0.29, 0.717) is 24.9 Å². The van der Waals surface area contributed by atoms with E-state index >= 15 is 0 Å². The van der Waals surface area contributed by atoms with Crippen LogP contribution in [0.1, 0.15) is 33.7 Å². The van der Waals surface area contributed by atoms with Gasteiger partial charge in [0, 0.05) is 18.7 Å². The number of rotatable bonds is 1. The Hall–Kier alpha value is -3.57. The molecule has 1 aromatic heterocycles. The van der Waals surface area contributed by atoms with Crippen molar-refractivity contribution < 1.29 is 36.2 Å². The van der Waals surface area contributed by atoms with Crippen LogP contribution in [0.3, 0.4) is 0 Å². The maximum Gasteiger partial charge on any atom is 0.417 e. The molecule has 0 atom stereocenters. The summed E-state index contributed by atoms with van der Waals surface area (Å²) >= 11 is 0. The number of carboxylic acids is 1. The van der Waals surface area contributed by atoms with Crippen LogP contribution in [-0.4, -0.2) is 20.6 Å². The number of hydrogen-bond donors (Lipinski definition) is 2. The highest BCUT2D eigenvalue weighted by molar-refractivity contribution is 5.95. The predicted octanol–water partition coefficient (Wildman–Crippen LogP) is 4.35. The van der Waals surface area contributed by atoms with E-state index < -0.39 is 46.3 Å². The fraction of sp³-hybridized carbons (Fsp3) is 0.250. The van der Waals surface area contributed by atoms with Crippen molar-refractivity contribution in [1.82, 2.24) is 9.55 Å². The highest BCUT2D eigenvalue weighted by atomic mass is 19.4. The van der Waals surface area contributed by atoms with Crippen molar-refractivity contribution in [2.45, 2.75) is 31.7 Å². The van der Waals surface area contributed by atoms with Crippen LogP contribution in [0.2, 0.25) is 0 Å². The van der Waals surface area contributed by atoms with Gasteiger partial charge < -0.3 is 10.8 Å². The number of alkyl halides is 6. The first-order chi connectivity index (χ1) is 14.8. The molecule has 2 aromatic carbocycles. The molecular formula is C20H15F6N3O3. The second kappa shape index (κ2) is 8.17. The van der Waals surface area contributed by atoms with Crippen molar-refractivity contribution in [3.05, 3.63) is 69.3 Å². The second-order valence-corrected chi connectivity index (χ2v) is 6.86. The third-order valence-electron chi connectivity index (χ3n) is 4.77. The Balaban J connectivity index is 0.000000188. The Kier molecular flexibility index (Phi) is 5.90. The minimum absolute atomic E-state index is 0.128. The van der Waals surface area contributed by atoms with Crippen molar-refractivity contribution in [1.29, 1.82) is 0 Å². The molecule has 1 aliphatic rings. The molecule has 3 N–H and O–H groups in total. The van der Waals surface area contributed by atoms with E-state index in [0.717, 1.165) is 24.6 Å². The Morgan fingerprint density at radius 1 is 1.00 bits per heavy atom. The lowest BCUT2D eigenvalue weighted by atomic mass is 10.1. The highest BCUT2D eigenvalue weighted by Crippen LogP contribution is 2.34. The average molecular weight is 459 g/mol. The fourth-order valence-electron chi connectivity index (χ4n) is 3.41. The van der Waals surface area contributed by atoms with E-state index in [9.17, 15) is 35.9 Å². The highest BCUT2D eigenvalue weighted by Gasteiger charge is 2.36. The summed E-state index contributed by atoms with van der Waals surface area (Å²) in [5.41, 5.74) is 1.25. The van der Waals surface area contributed by atoms with Gasteiger partial charge in [0.05, 0.1) is 27.6 Å². The van der Waals surface area contributed by atoms with Crippen molar-refractivity contribution in [2.24, 2.45) is 0 Å². The van der Waals surface area contributed by atoms with Crippen LogP contribution in [0, 0.1) is 0 Å². The molecular weight excluding hydrogens is 444 g/mol. The molecule has 0 saturated carbocycles. The molecule has 32 heavy (non-hydrogen) atoms. The number of halogens is 6. The normalized spacial score (nSPS) is 13.4. The minimum Gasteiger partial charge on any atom is -0.478 e. The van der Waals surface area contributed by atoms with Gasteiger partial charge in [0.15, 0.2) is 0 Å². The molecule has 0 amide bonds. The van der Waals surface area contributed by atoms with Gasteiger partial charge in [-0.25, -0.2) is 9.78 Å². The van der Waals surface area contributed by atoms with Crippen molar-refractivity contribution in [2.75, 3.05) is 5.73 Å². The van der Waals surface area contributed by atoms with E-state index in [1.165, 1.54) is 16.7 Å². The summed E-state index contributed by atoms with van der Waals surface area (Å²) in [6.45, 7) is 0.448. The monoisotopic (exact) mass is 459 g/mol. The number of aromatic nitrogens is 2. The van der Waals surface area contributed by atoms with Crippen LogP contribution in [-0.2, 0) is 25.3 Å². The summed E-state index contributed by atoms with van der Waals surface area (Å²) in [5, 5.41) is 8.21. The zero-order valence-corrected chi connectivity index (χ0v) is 16.1. The summed E-state index contributed by atoms with van der Waals surface area (Å²) < 4.78 is 76.8. The van der Waals surface area contributed by atoms with Crippen molar-refractivity contribution in [3.8, 4) is 0 Å².